The third-order valence-electron chi connectivity index (χ3n) is 4.78. The van der Waals surface area contributed by atoms with E-state index in [1.165, 1.54) is 24.3 Å². The maximum Gasteiger partial charge on any atom is 0.261 e. The molecule has 0 saturated heterocycles. The van der Waals surface area contributed by atoms with Gasteiger partial charge in [0.1, 0.15) is 0 Å². The van der Waals surface area contributed by atoms with Crippen LogP contribution in [0.15, 0.2) is 65.6 Å². The molecule has 0 aliphatic carbocycles. The number of rotatable bonds is 5. The Bertz CT molecular complexity index is 1200. The molecule has 0 atom stereocenters. The van der Waals surface area contributed by atoms with Crippen molar-refractivity contribution in [2.24, 2.45) is 0 Å². The first-order valence-electron chi connectivity index (χ1n) is 9.24. The number of carbonyl (C=O) groups is 1. The van der Waals surface area contributed by atoms with Crippen LogP contribution in [0, 0.1) is 13.8 Å². The number of sulfonamides is 1. The molecule has 3 aromatic carbocycles. The van der Waals surface area contributed by atoms with Crippen LogP contribution in [-0.2, 0) is 10.0 Å². The summed E-state index contributed by atoms with van der Waals surface area (Å²) < 4.78 is 38.8. The van der Waals surface area contributed by atoms with Gasteiger partial charge < -0.3 is 14.8 Å². The van der Waals surface area contributed by atoms with Crippen molar-refractivity contribution in [3.8, 4) is 11.5 Å². The van der Waals surface area contributed by atoms with Gasteiger partial charge in [-0.25, -0.2) is 8.42 Å². The van der Waals surface area contributed by atoms with E-state index >= 15 is 0 Å². The Labute approximate surface area is 174 Å². The number of para-hydroxylation sites is 2. The zero-order valence-electron chi connectivity index (χ0n) is 16.4. The minimum Gasteiger partial charge on any atom is -0.454 e. The lowest BCUT2D eigenvalue weighted by Crippen LogP contribution is -2.15. The summed E-state index contributed by atoms with van der Waals surface area (Å²) in [7, 11) is -3.76. The molecule has 154 valence electrons. The zero-order valence-corrected chi connectivity index (χ0v) is 17.2. The fourth-order valence-electron chi connectivity index (χ4n) is 3.19. The van der Waals surface area contributed by atoms with Crippen LogP contribution in [0.25, 0.3) is 0 Å². The van der Waals surface area contributed by atoms with E-state index in [1.54, 1.807) is 18.2 Å². The van der Waals surface area contributed by atoms with E-state index in [4.69, 9.17) is 9.47 Å². The van der Waals surface area contributed by atoms with Gasteiger partial charge in [0, 0.05) is 5.69 Å². The van der Waals surface area contributed by atoms with Gasteiger partial charge in [-0.05, 0) is 61.4 Å². The van der Waals surface area contributed by atoms with E-state index in [0.717, 1.165) is 11.1 Å². The Morgan fingerprint density at radius 3 is 2.27 bits per heavy atom. The van der Waals surface area contributed by atoms with E-state index in [2.05, 4.69) is 10.0 Å². The molecule has 0 fully saturated rings. The Morgan fingerprint density at radius 1 is 0.900 bits per heavy atom. The number of aryl methyl sites for hydroxylation is 2. The van der Waals surface area contributed by atoms with Gasteiger partial charge in [0.2, 0.25) is 6.79 Å². The Kier molecular flexibility index (Phi) is 5.09. The van der Waals surface area contributed by atoms with Gasteiger partial charge in [0.15, 0.2) is 11.5 Å². The predicted molar refractivity (Wildman–Crippen MR) is 114 cm³/mol. The molecular formula is C22H20N2O5S. The van der Waals surface area contributed by atoms with E-state index < -0.39 is 10.0 Å². The normalized spacial score (nSPS) is 12.5. The van der Waals surface area contributed by atoms with Gasteiger partial charge in [-0.3, -0.25) is 9.52 Å². The number of ether oxygens (including phenoxy) is 2. The molecule has 1 heterocycles. The number of fused-ring (bicyclic) bond motifs is 1. The van der Waals surface area contributed by atoms with Crippen LogP contribution in [0.3, 0.4) is 0 Å². The number of carbonyl (C=O) groups excluding carboxylic acids is 1. The van der Waals surface area contributed by atoms with Gasteiger partial charge >= 0.3 is 0 Å². The number of amides is 1. The number of hydrogen-bond acceptors (Lipinski definition) is 5. The molecule has 4 rings (SSSR count). The summed E-state index contributed by atoms with van der Waals surface area (Å²) in [6.45, 7) is 3.76. The van der Waals surface area contributed by atoms with Gasteiger partial charge in [0.05, 0.1) is 16.1 Å². The van der Waals surface area contributed by atoms with Crippen LogP contribution in [0.1, 0.15) is 21.5 Å². The molecule has 1 amide bonds. The zero-order chi connectivity index (χ0) is 21.3. The summed E-state index contributed by atoms with van der Waals surface area (Å²) in [4.78, 5) is 12.7. The maximum atomic E-state index is 12.8. The van der Waals surface area contributed by atoms with Gasteiger partial charge in [-0.15, -0.1) is 0 Å². The molecule has 0 radical (unpaired) electrons. The first-order chi connectivity index (χ1) is 14.3. The van der Waals surface area contributed by atoms with E-state index in [9.17, 15) is 13.2 Å². The predicted octanol–water partition coefficient (Wildman–Crippen LogP) is 4.09. The second-order valence-corrected chi connectivity index (χ2v) is 8.57. The lowest BCUT2D eigenvalue weighted by molar-refractivity contribution is 0.102. The molecular weight excluding hydrogens is 404 g/mol. The summed E-state index contributed by atoms with van der Waals surface area (Å²) in [6.07, 6.45) is 0. The molecule has 8 heteroatoms. The summed E-state index contributed by atoms with van der Waals surface area (Å²) >= 11 is 0. The third-order valence-corrected chi connectivity index (χ3v) is 6.15. The van der Waals surface area contributed by atoms with Gasteiger partial charge in [-0.2, -0.15) is 0 Å². The fourth-order valence-corrected chi connectivity index (χ4v) is 4.40. The minimum atomic E-state index is -3.76. The largest absolute Gasteiger partial charge is 0.454 e. The summed E-state index contributed by atoms with van der Waals surface area (Å²) in [5, 5.41) is 2.74. The summed E-state index contributed by atoms with van der Waals surface area (Å²) in [6, 6.07) is 16.6. The lowest BCUT2D eigenvalue weighted by Gasteiger charge is -2.13. The molecule has 3 aromatic rings. The average molecular weight is 424 g/mol. The fraction of sp³-hybridized carbons (Fsp3) is 0.136. The number of nitrogens with one attached hydrogen (secondary N) is 2. The molecule has 1 aliphatic heterocycles. The van der Waals surface area contributed by atoms with Crippen LogP contribution in [0.4, 0.5) is 11.4 Å². The lowest BCUT2D eigenvalue weighted by atomic mass is 10.1. The van der Waals surface area contributed by atoms with Gasteiger partial charge in [0.25, 0.3) is 15.9 Å². The summed E-state index contributed by atoms with van der Waals surface area (Å²) in [5.74, 6) is 0.537. The van der Waals surface area contributed by atoms with Crippen LogP contribution >= 0.6 is 0 Å². The molecule has 0 aromatic heterocycles. The molecule has 0 spiro atoms. The molecule has 1 aliphatic rings. The number of benzene rings is 3. The first kappa shape index (κ1) is 19.8. The van der Waals surface area contributed by atoms with Crippen LogP contribution in [0.5, 0.6) is 11.5 Å². The van der Waals surface area contributed by atoms with Crippen molar-refractivity contribution in [1.29, 1.82) is 0 Å². The molecule has 0 saturated carbocycles. The summed E-state index contributed by atoms with van der Waals surface area (Å²) in [5.41, 5.74) is 3.05. The monoisotopic (exact) mass is 424 g/mol. The smallest absolute Gasteiger partial charge is 0.261 e. The van der Waals surface area contributed by atoms with Crippen molar-refractivity contribution >= 4 is 27.3 Å². The molecule has 0 bridgehead atoms. The number of anilines is 2. The highest BCUT2D eigenvalue weighted by molar-refractivity contribution is 7.92. The number of hydrogen-bond donors (Lipinski definition) is 2. The second-order valence-electron chi connectivity index (χ2n) is 6.89. The highest BCUT2D eigenvalue weighted by Crippen LogP contribution is 2.35. The van der Waals surface area contributed by atoms with Crippen molar-refractivity contribution in [2.75, 3.05) is 16.8 Å². The van der Waals surface area contributed by atoms with Crippen molar-refractivity contribution in [3.63, 3.8) is 0 Å². The first-order valence-corrected chi connectivity index (χ1v) is 10.7. The average Bonchev–Trinajstić information content (AvgIpc) is 3.20. The van der Waals surface area contributed by atoms with E-state index in [1.807, 2.05) is 32.0 Å². The van der Waals surface area contributed by atoms with Crippen molar-refractivity contribution in [2.45, 2.75) is 18.7 Å². The van der Waals surface area contributed by atoms with Crippen LogP contribution < -0.4 is 19.5 Å². The molecule has 2 N–H and O–H groups in total. The Morgan fingerprint density at radius 2 is 1.57 bits per heavy atom. The highest BCUT2D eigenvalue weighted by atomic mass is 32.2. The van der Waals surface area contributed by atoms with Gasteiger partial charge in [-0.1, -0.05) is 24.3 Å². The quantitative estimate of drug-likeness (QED) is 0.644. The van der Waals surface area contributed by atoms with E-state index in [-0.39, 0.29) is 17.6 Å². The van der Waals surface area contributed by atoms with Crippen molar-refractivity contribution in [3.05, 3.63) is 77.4 Å². The SMILES string of the molecule is Cc1cccc(C)c1NS(=O)(=O)c1ccc(NC(=O)c2cccc3c2OCO3)cc1. The molecule has 30 heavy (non-hydrogen) atoms. The van der Waals surface area contributed by atoms with Crippen molar-refractivity contribution < 1.29 is 22.7 Å². The van der Waals surface area contributed by atoms with Crippen molar-refractivity contribution in [1.82, 2.24) is 0 Å². The third kappa shape index (κ3) is 3.81. The molecule has 0 unspecified atom stereocenters. The minimum absolute atomic E-state index is 0.0690. The Balaban J connectivity index is 1.52. The highest BCUT2D eigenvalue weighted by Gasteiger charge is 2.22. The van der Waals surface area contributed by atoms with Crippen LogP contribution in [0.2, 0.25) is 0 Å². The molecule has 7 nitrogen and oxygen atoms in total. The van der Waals surface area contributed by atoms with Crippen LogP contribution in [-0.4, -0.2) is 21.1 Å². The van der Waals surface area contributed by atoms with E-state index in [0.29, 0.717) is 28.4 Å². The second kappa shape index (κ2) is 7.72. The topological polar surface area (TPSA) is 93.7 Å². The standard InChI is InChI=1S/C22H20N2O5S/c1-14-5-3-6-15(2)20(14)24-30(26,27)17-11-9-16(10-12-17)23-22(25)18-7-4-8-19-21(18)29-13-28-19/h3-12,24H,13H2,1-2H3,(H,23,25). The Hall–Kier alpha value is -3.52. The maximum absolute atomic E-state index is 12.8.